The monoisotopic (exact) mass is 314 g/mol. The van der Waals surface area contributed by atoms with Crippen LogP contribution in [0.25, 0.3) is 0 Å². The van der Waals surface area contributed by atoms with Gasteiger partial charge in [-0.2, -0.15) is 0 Å². The normalized spacial score (nSPS) is 11.7. The molecule has 2 rings (SSSR count). The van der Waals surface area contributed by atoms with Crippen molar-refractivity contribution in [3.8, 4) is 0 Å². The highest BCUT2D eigenvalue weighted by atomic mass is 32.2. The second kappa shape index (κ2) is 7.66. The van der Waals surface area contributed by atoms with Gasteiger partial charge >= 0.3 is 0 Å². The molecule has 114 valence electrons. The van der Waals surface area contributed by atoms with Gasteiger partial charge in [-0.25, -0.2) is 0 Å². The van der Waals surface area contributed by atoms with E-state index in [9.17, 15) is 9.59 Å². The van der Waals surface area contributed by atoms with Crippen LogP contribution in [-0.2, 0) is 10.5 Å². The van der Waals surface area contributed by atoms with Crippen molar-refractivity contribution in [1.82, 2.24) is 0 Å². The molecule has 0 spiro atoms. The Hall–Kier alpha value is -2.27. The van der Waals surface area contributed by atoms with Gasteiger partial charge in [-0.05, 0) is 36.8 Å². The van der Waals surface area contributed by atoms with Crippen molar-refractivity contribution in [2.45, 2.75) is 17.9 Å². The van der Waals surface area contributed by atoms with E-state index in [0.717, 1.165) is 5.75 Å². The predicted octanol–water partition coefficient (Wildman–Crippen LogP) is 3.05. The number of primary amides is 1. The molecule has 4 nitrogen and oxygen atoms in total. The SMILES string of the molecule is CC(SCc1ccccc1)C(=O)Nc1ccc(C(N)=O)cc1. The minimum Gasteiger partial charge on any atom is -0.366 e. The molecule has 2 aromatic carbocycles. The molecule has 2 aromatic rings. The van der Waals surface area contributed by atoms with E-state index in [1.165, 1.54) is 5.56 Å². The molecule has 0 saturated carbocycles. The maximum absolute atomic E-state index is 12.1. The Labute approximate surface area is 134 Å². The number of hydrogen-bond acceptors (Lipinski definition) is 3. The molecule has 0 radical (unpaired) electrons. The molecule has 0 bridgehead atoms. The zero-order valence-electron chi connectivity index (χ0n) is 12.3. The molecular weight excluding hydrogens is 296 g/mol. The van der Waals surface area contributed by atoms with Crippen molar-refractivity contribution in [2.75, 3.05) is 5.32 Å². The largest absolute Gasteiger partial charge is 0.366 e. The molecular formula is C17H18N2O2S. The van der Waals surface area contributed by atoms with Gasteiger partial charge in [0.05, 0.1) is 5.25 Å². The zero-order valence-corrected chi connectivity index (χ0v) is 13.1. The molecule has 5 heteroatoms. The highest BCUT2D eigenvalue weighted by molar-refractivity contribution is 7.99. The van der Waals surface area contributed by atoms with E-state index in [1.807, 2.05) is 37.3 Å². The Kier molecular flexibility index (Phi) is 5.61. The molecule has 1 unspecified atom stereocenters. The lowest BCUT2D eigenvalue weighted by Crippen LogP contribution is -2.22. The summed E-state index contributed by atoms with van der Waals surface area (Å²) in [7, 11) is 0. The maximum atomic E-state index is 12.1. The first kappa shape index (κ1) is 16.1. The van der Waals surface area contributed by atoms with Gasteiger partial charge in [0, 0.05) is 17.0 Å². The van der Waals surface area contributed by atoms with E-state index in [-0.39, 0.29) is 11.2 Å². The lowest BCUT2D eigenvalue weighted by molar-refractivity contribution is -0.115. The summed E-state index contributed by atoms with van der Waals surface area (Å²) < 4.78 is 0. The van der Waals surface area contributed by atoms with Crippen molar-refractivity contribution >= 4 is 29.3 Å². The fourth-order valence-electron chi connectivity index (χ4n) is 1.83. The summed E-state index contributed by atoms with van der Waals surface area (Å²) in [4.78, 5) is 23.1. The molecule has 22 heavy (non-hydrogen) atoms. The van der Waals surface area contributed by atoms with Crippen LogP contribution < -0.4 is 11.1 Å². The smallest absolute Gasteiger partial charge is 0.248 e. The molecule has 2 amide bonds. The third kappa shape index (κ3) is 4.63. The van der Waals surface area contributed by atoms with E-state index in [0.29, 0.717) is 11.3 Å². The van der Waals surface area contributed by atoms with Crippen LogP contribution in [-0.4, -0.2) is 17.1 Å². The zero-order chi connectivity index (χ0) is 15.9. The first-order valence-electron chi connectivity index (χ1n) is 6.92. The van der Waals surface area contributed by atoms with Crippen LogP contribution in [0.15, 0.2) is 54.6 Å². The first-order chi connectivity index (χ1) is 10.6. The summed E-state index contributed by atoms with van der Waals surface area (Å²) in [6, 6.07) is 16.6. The van der Waals surface area contributed by atoms with Gasteiger partial charge in [0.2, 0.25) is 11.8 Å². The standard InChI is InChI=1S/C17H18N2O2S/c1-12(22-11-13-5-3-2-4-6-13)17(21)19-15-9-7-14(8-10-15)16(18)20/h2-10,12H,11H2,1H3,(H2,18,20)(H,19,21). The summed E-state index contributed by atoms with van der Waals surface area (Å²) in [5.41, 5.74) is 7.45. The van der Waals surface area contributed by atoms with Crippen molar-refractivity contribution in [3.63, 3.8) is 0 Å². The molecule has 0 heterocycles. The Bertz CT molecular complexity index is 641. The summed E-state index contributed by atoms with van der Waals surface area (Å²) >= 11 is 1.58. The number of carbonyl (C=O) groups excluding carboxylic acids is 2. The number of benzene rings is 2. The number of thioether (sulfide) groups is 1. The number of hydrogen-bond donors (Lipinski definition) is 2. The van der Waals surface area contributed by atoms with Crippen LogP contribution in [0.4, 0.5) is 5.69 Å². The number of rotatable bonds is 6. The van der Waals surface area contributed by atoms with E-state index in [2.05, 4.69) is 5.32 Å². The predicted molar refractivity (Wildman–Crippen MR) is 90.8 cm³/mol. The third-order valence-corrected chi connectivity index (χ3v) is 4.36. The van der Waals surface area contributed by atoms with Crippen molar-refractivity contribution < 1.29 is 9.59 Å². The van der Waals surface area contributed by atoms with E-state index < -0.39 is 5.91 Å². The van der Waals surface area contributed by atoms with E-state index in [4.69, 9.17) is 5.73 Å². The van der Waals surface area contributed by atoms with Crippen LogP contribution in [0.5, 0.6) is 0 Å². The second-order valence-corrected chi connectivity index (χ2v) is 6.20. The molecule has 0 aliphatic heterocycles. The fraction of sp³-hybridized carbons (Fsp3) is 0.176. The van der Waals surface area contributed by atoms with Crippen molar-refractivity contribution in [1.29, 1.82) is 0 Å². The van der Waals surface area contributed by atoms with Crippen LogP contribution in [0.2, 0.25) is 0 Å². The lowest BCUT2D eigenvalue weighted by atomic mass is 10.2. The van der Waals surface area contributed by atoms with Crippen molar-refractivity contribution in [2.24, 2.45) is 5.73 Å². The van der Waals surface area contributed by atoms with E-state index in [1.54, 1.807) is 36.0 Å². The molecule has 1 atom stereocenters. The lowest BCUT2D eigenvalue weighted by Gasteiger charge is -2.12. The van der Waals surface area contributed by atoms with Gasteiger partial charge in [0.15, 0.2) is 0 Å². The maximum Gasteiger partial charge on any atom is 0.248 e. The minimum atomic E-state index is -0.482. The van der Waals surface area contributed by atoms with Gasteiger partial charge in [-0.15, -0.1) is 11.8 Å². The quantitative estimate of drug-likeness (QED) is 0.861. The van der Waals surface area contributed by atoms with Crippen LogP contribution in [0.3, 0.4) is 0 Å². The molecule has 0 aliphatic carbocycles. The van der Waals surface area contributed by atoms with Gasteiger partial charge in [-0.3, -0.25) is 9.59 Å². The van der Waals surface area contributed by atoms with Crippen LogP contribution >= 0.6 is 11.8 Å². The molecule has 0 aromatic heterocycles. The minimum absolute atomic E-state index is 0.0623. The average Bonchev–Trinajstić information content (AvgIpc) is 2.54. The molecule has 3 N–H and O–H groups in total. The molecule has 0 fully saturated rings. The second-order valence-electron chi connectivity index (χ2n) is 4.87. The molecule has 0 aliphatic rings. The Morgan fingerprint density at radius 3 is 2.32 bits per heavy atom. The summed E-state index contributed by atoms with van der Waals surface area (Å²) in [6.07, 6.45) is 0. The number of nitrogens with one attached hydrogen (secondary N) is 1. The fourth-order valence-corrected chi connectivity index (χ4v) is 2.68. The van der Waals surface area contributed by atoms with Gasteiger partial charge < -0.3 is 11.1 Å². The summed E-state index contributed by atoms with van der Waals surface area (Å²) in [5, 5.41) is 2.66. The van der Waals surface area contributed by atoms with Crippen LogP contribution in [0.1, 0.15) is 22.8 Å². The molecule has 0 saturated heterocycles. The Morgan fingerprint density at radius 1 is 1.09 bits per heavy atom. The Morgan fingerprint density at radius 2 is 1.73 bits per heavy atom. The summed E-state index contributed by atoms with van der Waals surface area (Å²) in [5.74, 6) is 0.244. The van der Waals surface area contributed by atoms with Crippen LogP contribution in [0, 0.1) is 0 Å². The summed E-state index contributed by atoms with van der Waals surface area (Å²) in [6.45, 7) is 1.88. The number of amides is 2. The van der Waals surface area contributed by atoms with E-state index >= 15 is 0 Å². The highest BCUT2D eigenvalue weighted by Crippen LogP contribution is 2.19. The van der Waals surface area contributed by atoms with Crippen molar-refractivity contribution in [3.05, 3.63) is 65.7 Å². The number of anilines is 1. The average molecular weight is 314 g/mol. The number of nitrogens with two attached hydrogens (primary N) is 1. The Balaban J connectivity index is 1.87. The van der Waals surface area contributed by atoms with Gasteiger partial charge in [0.25, 0.3) is 0 Å². The van der Waals surface area contributed by atoms with Gasteiger partial charge in [-0.1, -0.05) is 30.3 Å². The first-order valence-corrected chi connectivity index (χ1v) is 7.97. The number of carbonyl (C=O) groups is 2. The topological polar surface area (TPSA) is 72.2 Å². The third-order valence-electron chi connectivity index (χ3n) is 3.15. The van der Waals surface area contributed by atoms with Gasteiger partial charge in [0.1, 0.15) is 0 Å². The highest BCUT2D eigenvalue weighted by Gasteiger charge is 2.13.